The molecule has 0 aromatic heterocycles. The average Bonchev–Trinajstić information content (AvgIpc) is 2.55. The first kappa shape index (κ1) is 14.5. The fraction of sp³-hybridized carbons (Fsp3) is 0.562. The zero-order valence-electron chi connectivity index (χ0n) is 12.3. The summed E-state index contributed by atoms with van der Waals surface area (Å²) in [6, 6.07) is 8.23. The molecular weight excluding hydrogens is 266 g/mol. The number of piperazine rings is 1. The number of nitrogens with one attached hydrogen (secondary N) is 1. The van der Waals surface area contributed by atoms with E-state index in [0.29, 0.717) is 6.54 Å². The minimum Gasteiger partial charge on any atom is -0.395 e. The average molecular weight is 289 g/mol. The van der Waals surface area contributed by atoms with E-state index in [1.807, 2.05) is 17.0 Å². The molecule has 0 spiro atoms. The van der Waals surface area contributed by atoms with Gasteiger partial charge < -0.3 is 15.3 Å². The van der Waals surface area contributed by atoms with Crippen LogP contribution in [0.3, 0.4) is 0 Å². The number of aliphatic hydroxyl groups is 1. The van der Waals surface area contributed by atoms with Crippen LogP contribution >= 0.6 is 0 Å². The lowest BCUT2D eigenvalue weighted by atomic mass is 9.95. The third kappa shape index (κ3) is 3.26. The third-order valence-corrected chi connectivity index (χ3v) is 4.48. The topological polar surface area (TPSA) is 55.8 Å². The highest BCUT2D eigenvalue weighted by Crippen LogP contribution is 2.18. The molecule has 2 aliphatic rings. The van der Waals surface area contributed by atoms with Gasteiger partial charge in [0, 0.05) is 39.3 Å². The van der Waals surface area contributed by atoms with Crippen LogP contribution in [0, 0.1) is 0 Å². The van der Waals surface area contributed by atoms with Crippen molar-refractivity contribution in [2.75, 3.05) is 39.3 Å². The molecule has 2 aliphatic heterocycles. The molecule has 1 atom stereocenters. The van der Waals surface area contributed by atoms with Crippen LogP contribution in [-0.4, -0.2) is 66.2 Å². The van der Waals surface area contributed by atoms with Crippen LogP contribution in [0.25, 0.3) is 0 Å². The van der Waals surface area contributed by atoms with Crippen LogP contribution in [0.2, 0.25) is 0 Å². The van der Waals surface area contributed by atoms with Crippen molar-refractivity contribution in [3.05, 3.63) is 35.4 Å². The van der Waals surface area contributed by atoms with Crippen LogP contribution in [0.5, 0.6) is 0 Å². The van der Waals surface area contributed by atoms with Crippen molar-refractivity contribution in [2.24, 2.45) is 0 Å². The van der Waals surface area contributed by atoms with Crippen LogP contribution in [0.1, 0.15) is 11.1 Å². The smallest absolute Gasteiger partial charge is 0.240 e. The van der Waals surface area contributed by atoms with E-state index in [1.54, 1.807) is 0 Å². The zero-order chi connectivity index (χ0) is 14.7. The molecule has 2 N–H and O–H groups in total. The molecule has 0 bridgehead atoms. The Morgan fingerprint density at radius 2 is 1.90 bits per heavy atom. The van der Waals surface area contributed by atoms with Crippen molar-refractivity contribution in [3.8, 4) is 0 Å². The SMILES string of the molecule is O=C([C@@H]1Cc2ccccc2CN1)N1CCN(CCO)CC1. The molecule has 2 heterocycles. The summed E-state index contributed by atoms with van der Waals surface area (Å²) in [7, 11) is 0. The molecule has 1 fully saturated rings. The Morgan fingerprint density at radius 1 is 1.19 bits per heavy atom. The number of β-amino-alcohol motifs (C(OH)–C–C–N with tert-alkyl or cyclic N) is 1. The molecule has 0 radical (unpaired) electrons. The summed E-state index contributed by atoms with van der Waals surface area (Å²) in [6.07, 6.45) is 0.784. The molecule has 1 aromatic rings. The van der Waals surface area contributed by atoms with Gasteiger partial charge in [0.2, 0.25) is 5.91 Å². The van der Waals surface area contributed by atoms with Crippen LogP contribution in [0.15, 0.2) is 24.3 Å². The number of carbonyl (C=O) groups is 1. The van der Waals surface area contributed by atoms with E-state index in [4.69, 9.17) is 5.11 Å². The summed E-state index contributed by atoms with van der Waals surface area (Å²) in [5.74, 6) is 0.216. The van der Waals surface area contributed by atoms with E-state index in [9.17, 15) is 4.79 Å². The minimum absolute atomic E-state index is 0.0932. The van der Waals surface area contributed by atoms with Gasteiger partial charge in [-0.15, -0.1) is 0 Å². The third-order valence-electron chi connectivity index (χ3n) is 4.48. The van der Waals surface area contributed by atoms with Crippen LogP contribution in [0.4, 0.5) is 0 Å². The zero-order valence-corrected chi connectivity index (χ0v) is 12.3. The summed E-state index contributed by atoms with van der Waals surface area (Å²) in [5, 5.41) is 12.3. The molecular formula is C16H23N3O2. The van der Waals surface area contributed by atoms with E-state index in [1.165, 1.54) is 11.1 Å². The number of fused-ring (bicyclic) bond motifs is 1. The van der Waals surface area contributed by atoms with Crippen molar-refractivity contribution in [3.63, 3.8) is 0 Å². The lowest BCUT2D eigenvalue weighted by Gasteiger charge is -2.37. The van der Waals surface area contributed by atoms with E-state index < -0.39 is 0 Å². The number of carbonyl (C=O) groups excluding carboxylic acids is 1. The van der Waals surface area contributed by atoms with Gasteiger partial charge in [-0.3, -0.25) is 9.69 Å². The molecule has 0 unspecified atom stereocenters. The van der Waals surface area contributed by atoms with Crippen molar-refractivity contribution in [2.45, 2.75) is 19.0 Å². The molecule has 1 aromatic carbocycles. The van der Waals surface area contributed by atoms with Gasteiger partial charge in [-0.25, -0.2) is 0 Å². The Bertz CT molecular complexity index is 498. The lowest BCUT2D eigenvalue weighted by Crippen LogP contribution is -2.55. The van der Waals surface area contributed by atoms with E-state index >= 15 is 0 Å². The normalized spacial score (nSPS) is 22.9. The van der Waals surface area contributed by atoms with Crippen molar-refractivity contribution >= 4 is 5.91 Å². The summed E-state index contributed by atoms with van der Waals surface area (Å²) in [4.78, 5) is 16.8. The Labute approximate surface area is 125 Å². The predicted molar refractivity (Wildman–Crippen MR) is 80.9 cm³/mol. The van der Waals surface area contributed by atoms with Crippen molar-refractivity contribution in [1.82, 2.24) is 15.1 Å². The Kier molecular flexibility index (Phi) is 4.53. The summed E-state index contributed by atoms with van der Waals surface area (Å²) >= 11 is 0. The van der Waals surface area contributed by atoms with Gasteiger partial charge in [0.15, 0.2) is 0 Å². The van der Waals surface area contributed by atoms with Crippen LogP contribution < -0.4 is 5.32 Å². The van der Waals surface area contributed by atoms with Crippen molar-refractivity contribution in [1.29, 1.82) is 0 Å². The molecule has 0 aliphatic carbocycles. The number of nitrogens with zero attached hydrogens (tertiary/aromatic N) is 2. The predicted octanol–water partition coefficient (Wildman–Crippen LogP) is -0.163. The number of amides is 1. The molecule has 0 saturated carbocycles. The van der Waals surface area contributed by atoms with E-state index in [0.717, 1.165) is 39.1 Å². The second kappa shape index (κ2) is 6.56. The molecule has 5 heteroatoms. The molecule has 21 heavy (non-hydrogen) atoms. The molecule has 5 nitrogen and oxygen atoms in total. The summed E-state index contributed by atoms with van der Waals surface area (Å²) < 4.78 is 0. The summed E-state index contributed by atoms with van der Waals surface area (Å²) in [6.45, 7) is 4.91. The first-order valence-corrected chi connectivity index (χ1v) is 7.70. The molecule has 114 valence electrons. The van der Waals surface area contributed by atoms with Gasteiger partial charge >= 0.3 is 0 Å². The van der Waals surface area contributed by atoms with Gasteiger partial charge in [-0.2, -0.15) is 0 Å². The first-order chi connectivity index (χ1) is 10.3. The van der Waals surface area contributed by atoms with Crippen LogP contribution in [-0.2, 0) is 17.8 Å². The van der Waals surface area contributed by atoms with Gasteiger partial charge in [-0.05, 0) is 17.5 Å². The fourth-order valence-corrected chi connectivity index (χ4v) is 3.18. The minimum atomic E-state index is -0.0932. The van der Waals surface area contributed by atoms with Gasteiger partial charge in [0.1, 0.15) is 0 Å². The Morgan fingerprint density at radius 3 is 2.62 bits per heavy atom. The second-order valence-electron chi connectivity index (χ2n) is 5.80. The van der Waals surface area contributed by atoms with Crippen molar-refractivity contribution < 1.29 is 9.90 Å². The standard InChI is InChI=1S/C16H23N3O2/c20-10-9-18-5-7-19(8-6-18)16(21)15-11-13-3-1-2-4-14(13)12-17-15/h1-4,15,17,20H,5-12H2/t15-/m0/s1. The Hall–Kier alpha value is -1.43. The molecule has 3 rings (SSSR count). The Balaban J connectivity index is 1.57. The quantitative estimate of drug-likeness (QED) is 0.812. The van der Waals surface area contributed by atoms with Gasteiger partial charge in [-0.1, -0.05) is 24.3 Å². The number of hydrogen-bond donors (Lipinski definition) is 2. The number of aliphatic hydroxyl groups excluding tert-OH is 1. The highest BCUT2D eigenvalue weighted by atomic mass is 16.3. The first-order valence-electron chi connectivity index (χ1n) is 7.70. The molecule has 1 amide bonds. The van der Waals surface area contributed by atoms with E-state index in [-0.39, 0.29) is 18.6 Å². The fourth-order valence-electron chi connectivity index (χ4n) is 3.18. The highest BCUT2D eigenvalue weighted by molar-refractivity contribution is 5.82. The number of hydrogen-bond acceptors (Lipinski definition) is 4. The second-order valence-corrected chi connectivity index (χ2v) is 5.80. The summed E-state index contributed by atoms with van der Waals surface area (Å²) in [5.41, 5.74) is 2.59. The number of rotatable bonds is 3. The maximum atomic E-state index is 12.6. The highest BCUT2D eigenvalue weighted by Gasteiger charge is 2.29. The largest absolute Gasteiger partial charge is 0.395 e. The lowest BCUT2D eigenvalue weighted by molar-refractivity contribution is -0.135. The maximum absolute atomic E-state index is 12.6. The monoisotopic (exact) mass is 289 g/mol. The maximum Gasteiger partial charge on any atom is 0.240 e. The number of benzene rings is 1. The van der Waals surface area contributed by atoms with Gasteiger partial charge in [0.25, 0.3) is 0 Å². The van der Waals surface area contributed by atoms with Gasteiger partial charge in [0.05, 0.1) is 12.6 Å². The molecule has 1 saturated heterocycles. The van der Waals surface area contributed by atoms with E-state index in [2.05, 4.69) is 22.3 Å².